The second-order valence-corrected chi connectivity index (χ2v) is 4.30. The molecule has 8 heteroatoms. The van der Waals surface area contributed by atoms with Crippen molar-refractivity contribution >= 4 is 21.4 Å². The molecular formula is C7H7F3N2O2S. The van der Waals surface area contributed by atoms with E-state index < -0.39 is 27.3 Å². The molecule has 0 fully saturated rings. The van der Waals surface area contributed by atoms with Gasteiger partial charge in [-0.15, -0.1) is 0 Å². The van der Waals surface area contributed by atoms with Crippen molar-refractivity contribution in [2.24, 2.45) is 0 Å². The number of nitrogens with two attached hydrogens (primary N) is 1. The number of hydrogen-bond acceptors (Lipinski definition) is 3. The molecule has 0 aliphatic carbocycles. The number of benzene rings is 1. The van der Waals surface area contributed by atoms with Gasteiger partial charge in [-0.3, -0.25) is 4.72 Å². The second-order valence-electron chi connectivity index (χ2n) is 2.65. The normalized spacial score (nSPS) is 11.7. The maximum atomic E-state index is 12.9. The summed E-state index contributed by atoms with van der Waals surface area (Å²) in [5.74, 6) is -4.60. The van der Waals surface area contributed by atoms with Crippen LogP contribution in [0.2, 0.25) is 0 Å². The van der Waals surface area contributed by atoms with Crippen LogP contribution in [0.3, 0.4) is 0 Å². The van der Waals surface area contributed by atoms with E-state index in [1.807, 2.05) is 0 Å². The lowest BCUT2D eigenvalue weighted by molar-refractivity contribution is 0.236. The molecule has 0 heterocycles. The van der Waals surface area contributed by atoms with Crippen LogP contribution < -0.4 is 10.5 Å². The molecule has 1 aromatic rings. The Hall–Kier alpha value is -1.44. The molecule has 0 unspecified atom stereocenters. The van der Waals surface area contributed by atoms with Gasteiger partial charge in [-0.25, -0.2) is 12.8 Å². The zero-order valence-corrected chi connectivity index (χ0v) is 8.06. The number of halogens is 3. The van der Waals surface area contributed by atoms with E-state index in [9.17, 15) is 21.6 Å². The minimum Gasteiger partial charge on any atom is -0.399 e. The van der Waals surface area contributed by atoms with Crippen LogP contribution in [0, 0.1) is 5.82 Å². The molecule has 0 amide bonds. The smallest absolute Gasteiger partial charge is 0.355 e. The zero-order valence-electron chi connectivity index (χ0n) is 7.25. The molecule has 0 atom stereocenters. The van der Waals surface area contributed by atoms with Crippen molar-refractivity contribution in [3.05, 3.63) is 24.0 Å². The third-order valence-corrected chi connectivity index (χ3v) is 2.45. The summed E-state index contributed by atoms with van der Waals surface area (Å²) >= 11 is 0. The molecule has 84 valence electrons. The van der Waals surface area contributed by atoms with E-state index in [1.54, 1.807) is 0 Å². The summed E-state index contributed by atoms with van der Waals surface area (Å²) in [6.07, 6.45) is 0. The van der Waals surface area contributed by atoms with E-state index in [0.717, 1.165) is 12.1 Å². The Balaban J connectivity index is 3.05. The van der Waals surface area contributed by atoms with Crippen molar-refractivity contribution in [3.8, 4) is 0 Å². The van der Waals surface area contributed by atoms with Gasteiger partial charge < -0.3 is 5.73 Å². The Morgan fingerprint density at radius 2 is 1.93 bits per heavy atom. The van der Waals surface area contributed by atoms with Crippen LogP contribution in [0.4, 0.5) is 24.5 Å². The summed E-state index contributed by atoms with van der Waals surface area (Å²) in [5.41, 5.74) is 4.69. The van der Waals surface area contributed by atoms with E-state index in [2.05, 4.69) is 0 Å². The molecule has 0 aliphatic heterocycles. The molecule has 0 bridgehead atoms. The number of alkyl halides is 2. The Morgan fingerprint density at radius 3 is 2.47 bits per heavy atom. The molecular weight excluding hydrogens is 233 g/mol. The van der Waals surface area contributed by atoms with Gasteiger partial charge in [0.15, 0.2) is 0 Å². The first-order valence-electron chi connectivity index (χ1n) is 3.68. The highest BCUT2D eigenvalue weighted by Crippen LogP contribution is 2.20. The molecule has 0 aliphatic rings. The monoisotopic (exact) mass is 240 g/mol. The van der Waals surface area contributed by atoms with E-state index in [-0.39, 0.29) is 5.69 Å². The summed E-state index contributed by atoms with van der Waals surface area (Å²) in [6, 6.07) is 2.96. The van der Waals surface area contributed by atoms with Crippen molar-refractivity contribution in [1.82, 2.24) is 0 Å². The van der Waals surface area contributed by atoms with Gasteiger partial charge in [0, 0.05) is 5.69 Å². The molecule has 1 rings (SSSR count). The van der Waals surface area contributed by atoms with Gasteiger partial charge in [0.25, 0.3) is 10.0 Å². The first kappa shape index (κ1) is 11.6. The Bertz CT molecular complexity index is 461. The van der Waals surface area contributed by atoms with Crippen LogP contribution in [0.15, 0.2) is 18.2 Å². The molecule has 1 aromatic carbocycles. The average molecular weight is 240 g/mol. The molecule has 0 saturated heterocycles. The average Bonchev–Trinajstić information content (AvgIpc) is 2.10. The van der Waals surface area contributed by atoms with Crippen LogP contribution in [0.5, 0.6) is 0 Å². The quantitative estimate of drug-likeness (QED) is 0.784. The minimum atomic E-state index is -4.87. The Kier molecular flexibility index (Phi) is 3.08. The van der Waals surface area contributed by atoms with Gasteiger partial charge >= 0.3 is 5.76 Å². The molecule has 0 aromatic heterocycles. The van der Waals surface area contributed by atoms with Gasteiger partial charge in [-0.2, -0.15) is 8.78 Å². The predicted octanol–water partition coefficient (Wildman–Crippen LogP) is 1.37. The largest absolute Gasteiger partial charge is 0.399 e. The number of nitrogen functional groups attached to an aromatic ring is 1. The predicted molar refractivity (Wildman–Crippen MR) is 49.4 cm³/mol. The van der Waals surface area contributed by atoms with Gasteiger partial charge in [-0.1, -0.05) is 0 Å². The van der Waals surface area contributed by atoms with Crippen LogP contribution in [0.25, 0.3) is 0 Å². The fourth-order valence-electron chi connectivity index (χ4n) is 0.819. The molecule has 0 saturated carbocycles. The molecule has 3 N–H and O–H groups in total. The van der Waals surface area contributed by atoms with Gasteiger partial charge in [-0.05, 0) is 18.2 Å². The van der Waals surface area contributed by atoms with E-state index in [4.69, 9.17) is 5.73 Å². The zero-order chi connectivity index (χ0) is 11.6. The van der Waals surface area contributed by atoms with Crippen LogP contribution in [-0.2, 0) is 10.0 Å². The van der Waals surface area contributed by atoms with E-state index in [1.165, 1.54) is 10.8 Å². The van der Waals surface area contributed by atoms with Crippen molar-refractivity contribution < 1.29 is 21.6 Å². The standard InChI is InChI=1S/C7H7F3N2O2S/c8-5-2-1-4(11)3-6(5)12-15(13,14)7(9)10/h1-3,7,12H,11H2. The van der Waals surface area contributed by atoms with Gasteiger partial charge in [0.05, 0.1) is 5.69 Å². The molecule has 0 radical (unpaired) electrons. The van der Waals surface area contributed by atoms with E-state index in [0.29, 0.717) is 0 Å². The minimum absolute atomic E-state index is 0.0587. The Morgan fingerprint density at radius 1 is 1.33 bits per heavy atom. The SMILES string of the molecule is Nc1ccc(F)c(NS(=O)(=O)C(F)F)c1. The van der Waals surface area contributed by atoms with Gasteiger partial charge in [0.1, 0.15) is 5.82 Å². The van der Waals surface area contributed by atoms with Gasteiger partial charge in [0.2, 0.25) is 0 Å². The van der Waals surface area contributed by atoms with Crippen molar-refractivity contribution in [3.63, 3.8) is 0 Å². The third-order valence-electron chi connectivity index (χ3n) is 1.48. The van der Waals surface area contributed by atoms with Crippen molar-refractivity contribution in [1.29, 1.82) is 0 Å². The summed E-state index contributed by atoms with van der Waals surface area (Å²) in [7, 11) is -4.87. The molecule has 15 heavy (non-hydrogen) atoms. The highest BCUT2D eigenvalue weighted by Gasteiger charge is 2.24. The van der Waals surface area contributed by atoms with Crippen molar-refractivity contribution in [2.45, 2.75) is 5.76 Å². The summed E-state index contributed by atoms with van der Waals surface area (Å²) in [6.45, 7) is 0. The maximum Gasteiger partial charge on any atom is 0.355 e. The number of hydrogen-bond donors (Lipinski definition) is 2. The van der Waals surface area contributed by atoms with Crippen LogP contribution in [0.1, 0.15) is 0 Å². The number of rotatable bonds is 3. The highest BCUT2D eigenvalue weighted by molar-refractivity contribution is 7.93. The topological polar surface area (TPSA) is 72.2 Å². The maximum absolute atomic E-state index is 12.9. The number of anilines is 2. The highest BCUT2D eigenvalue weighted by atomic mass is 32.2. The lowest BCUT2D eigenvalue weighted by Gasteiger charge is -2.08. The fourth-order valence-corrected chi connectivity index (χ4v) is 1.37. The fraction of sp³-hybridized carbons (Fsp3) is 0.143. The first-order chi connectivity index (χ1) is 6.83. The third kappa shape index (κ3) is 2.75. The van der Waals surface area contributed by atoms with Crippen molar-refractivity contribution in [2.75, 3.05) is 10.5 Å². The number of sulfonamides is 1. The van der Waals surface area contributed by atoms with Crippen LogP contribution >= 0.6 is 0 Å². The van der Waals surface area contributed by atoms with E-state index >= 15 is 0 Å². The summed E-state index contributed by atoms with van der Waals surface area (Å²) < 4.78 is 59.6. The molecule has 0 spiro atoms. The second kappa shape index (κ2) is 3.97. The summed E-state index contributed by atoms with van der Waals surface area (Å²) in [5, 5.41) is 0. The summed E-state index contributed by atoms with van der Waals surface area (Å²) in [4.78, 5) is 0. The Labute approximate surface area is 83.9 Å². The van der Waals surface area contributed by atoms with Crippen LogP contribution in [-0.4, -0.2) is 14.2 Å². The lowest BCUT2D eigenvalue weighted by Crippen LogP contribution is -2.21. The first-order valence-corrected chi connectivity index (χ1v) is 5.22. The number of nitrogens with one attached hydrogen (secondary N) is 1. The lowest BCUT2D eigenvalue weighted by atomic mass is 10.3. The molecule has 4 nitrogen and oxygen atoms in total.